The van der Waals surface area contributed by atoms with Crippen LogP contribution in [0.1, 0.15) is 15.9 Å². The van der Waals surface area contributed by atoms with Crippen LogP contribution in [0.2, 0.25) is 15.1 Å². The van der Waals surface area contributed by atoms with E-state index in [1.54, 1.807) is 54.6 Å². The highest BCUT2D eigenvalue weighted by Crippen LogP contribution is 2.25. The topological polar surface area (TPSA) is 96.9 Å². The first-order valence-corrected chi connectivity index (χ1v) is 10.1. The fourth-order valence-corrected chi connectivity index (χ4v) is 2.95. The number of ether oxygens (including phenoxy) is 1. The van der Waals surface area contributed by atoms with Crippen LogP contribution in [0.4, 0.5) is 5.69 Å². The molecule has 7 nitrogen and oxygen atoms in total. The predicted octanol–water partition coefficient (Wildman–Crippen LogP) is 4.95. The second kappa shape index (κ2) is 10.8. The Morgan fingerprint density at radius 3 is 2.28 bits per heavy atom. The number of anilines is 1. The van der Waals surface area contributed by atoms with Crippen LogP contribution in [0.3, 0.4) is 0 Å². The summed E-state index contributed by atoms with van der Waals surface area (Å²) in [7, 11) is 0. The normalized spacial score (nSPS) is 10.6. The van der Waals surface area contributed by atoms with Crippen LogP contribution in [0.25, 0.3) is 0 Å². The molecule has 0 saturated heterocycles. The largest absolute Gasteiger partial charge is 0.423 e. The number of hydrogen-bond donors (Lipinski definition) is 2. The molecule has 162 valence electrons. The van der Waals surface area contributed by atoms with Crippen LogP contribution >= 0.6 is 34.8 Å². The van der Waals surface area contributed by atoms with Crippen molar-refractivity contribution in [2.45, 2.75) is 0 Å². The summed E-state index contributed by atoms with van der Waals surface area (Å²) < 4.78 is 5.27. The Labute approximate surface area is 197 Å². The van der Waals surface area contributed by atoms with Crippen molar-refractivity contribution in [3.63, 3.8) is 0 Å². The summed E-state index contributed by atoms with van der Waals surface area (Å²) in [6.45, 7) is 0. The number of nitrogens with zero attached hydrogens (tertiary/aromatic N) is 1. The number of hydrogen-bond acceptors (Lipinski definition) is 5. The van der Waals surface area contributed by atoms with Crippen molar-refractivity contribution in [3.8, 4) is 5.75 Å². The molecule has 3 aromatic rings. The van der Waals surface area contributed by atoms with E-state index in [0.29, 0.717) is 21.4 Å². The molecule has 0 aliphatic carbocycles. The van der Waals surface area contributed by atoms with Crippen LogP contribution in [0.15, 0.2) is 71.8 Å². The molecule has 0 unspecified atom stereocenters. The lowest BCUT2D eigenvalue weighted by atomic mass is 10.2. The van der Waals surface area contributed by atoms with Crippen LogP contribution in [-0.4, -0.2) is 24.0 Å². The molecule has 3 aromatic carbocycles. The van der Waals surface area contributed by atoms with Gasteiger partial charge in [-0.2, -0.15) is 5.10 Å². The molecule has 32 heavy (non-hydrogen) atoms. The van der Waals surface area contributed by atoms with Gasteiger partial charge in [0.15, 0.2) is 0 Å². The van der Waals surface area contributed by atoms with Gasteiger partial charge in [0.25, 0.3) is 0 Å². The fraction of sp³-hybridized carbons (Fsp3) is 0. The van der Waals surface area contributed by atoms with E-state index < -0.39 is 17.8 Å². The summed E-state index contributed by atoms with van der Waals surface area (Å²) in [6, 6.07) is 17.3. The van der Waals surface area contributed by atoms with E-state index in [0.717, 1.165) is 0 Å². The Hall–Kier alpha value is -3.39. The maximum Gasteiger partial charge on any atom is 0.345 e. The van der Waals surface area contributed by atoms with Crippen molar-refractivity contribution < 1.29 is 19.1 Å². The van der Waals surface area contributed by atoms with E-state index >= 15 is 0 Å². The second-order valence-electron chi connectivity index (χ2n) is 6.22. The molecule has 10 heteroatoms. The summed E-state index contributed by atoms with van der Waals surface area (Å²) >= 11 is 17.8. The number of nitrogens with one attached hydrogen (secondary N) is 2. The number of halogens is 3. The van der Waals surface area contributed by atoms with Crippen LogP contribution in [0.5, 0.6) is 5.75 Å². The van der Waals surface area contributed by atoms with E-state index in [9.17, 15) is 14.4 Å². The number of esters is 1. The number of carbonyl (C=O) groups is 3. The number of rotatable bonds is 5. The standard InChI is InChI=1S/C22H14Cl3N3O4/c23-14-7-10-18(25)19(11-14)27-20(29)21(30)28-26-12-13-5-8-15(9-6-13)32-22(31)16-3-1-2-4-17(16)24/h1-12H,(H,27,29)(H,28,30)/b26-12+. The van der Waals surface area contributed by atoms with Gasteiger partial charge in [-0.15, -0.1) is 0 Å². The molecule has 0 spiro atoms. The third kappa shape index (κ3) is 6.31. The third-order valence-electron chi connectivity index (χ3n) is 3.95. The van der Waals surface area contributed by atoms with E-state index in [-0.39, 0.29) is 16.3 Å². The van der Waals surface area contributed by atoms with Gasteiger partial charge < -0.3 is 10.1 Å². The van der Waals surface area contributed by atoms with Crippen molar-refractivity contribution in [1.82, 2.24) is 5.43 Å². The van der Waals surface area contributed by atoms with Gasteiger partial charge in [-0.3, -0.25) is 9.59 Å². The average molecular weight is 491 g/mol. The molecule has 3 rings (SSSR count). The second-order valence-corrected chi connectivity index (χ2v) is 7.47. The average Bonchev–Trinajstić information content (AvgIpc) is 2.77. The third-order valence-corrected chi connectivity index (χ3v) is 4.84. The van der Waals surface area contributed by atoms with Gasteiger partial charge in [0.1, 0.15) is 5.75 Å². The molecule has 2 amide bonds. The van der Waals surface area contributed by atoms with Crippen molar-refractivity contribution in [3.05, 3.63) is 92.9 Å². The molecule has 0 saturated carbocycles. The molecular formula is C22H14Cl3N3O4. The maximum absolute atomic E-state index is 12.2. The molecule has 0 heterocycles. The zero-order chi connectivity index (χ0) is 23.1. The SMILES string of the molecule is O=C(N/N=C/c1ccc(OC(=O)c2ccccc2Cl)cc1)C(=O)Nc1cc(Cl)ccc1Cl. The molecule has 0 radical (unpaired) electrons. The molecule has 0 fully saturated rings. The summed E-state index contributed by atoms with van der Waals surface area (Å²) in [6.07, 6.45) is 1.32. The highest BCUT2D eigenvalue weighted by Gasteiger charge is 2.15. The Morgan fingerprint density at radius 1 is 0.844 bits per heavy atom. The number of carbonyl (C=O) groups excluding carboxylic acids is 3. The van der Waals surface area contributed by atoms with Gasteiger partial charge in [-0.25, -0.2) is 10.2 Å². The molecule has 0 bridgehead atoms. The smallest absolute Gasteiger partial charge is 0.345 e. The highest BCUT2D eigenvalue weighted by molar-refractivity contribution is 6.42. The number of hydrazone groups is 1. The Morgan fingerprint density at radius 2 is 1.56 bits per heavy atom. The van der Waals surface area contributed by atoms with Crippen molar-refractivity contribution >= 4 is 64.5 Å². The monoisotopic (exact) mass is 489 g/mol. The van der Waals surface area contributed by atoms with Crippen LogP contribution in [-0.2, 0) is 9.59 Å². The van der Waals surface area contributed by atoms with E-state index in [1.165, 1.54) is 18.3 Å². The lowest BCUT2D eigenvalue weighted by Gasteiger charge is -2.06. The number of benzene rings is 3. The summed E-state index contributed by atoms with van der Waals surface area (Å²) in [4.78, 5) is 36.0. The first kappa shape index (κ1) is 23.3. The van der Waals surface area contributed by atoms with E-state index in [2.05, 4.69) is 15.8 Å². The van der Waals surface area contributed by atoms with Gasteiger partial charge in [0.05, 0.1) is 27.5 Å². The van der Waals surface area contributed by atoms with Gasteiger partial charge >= 0.3 is 17.8 Å². The van der Waals surface area contributed by atoms with Gasteiger partial charge in [-0.05, 0) is 60.2 Å². The quantitative estimate of drug-likeness (QED) is 0.174. The summed E-state index contributed by atoms with van der Waals surface area (Å²) in [5.41, 5.74) is 3.14. The van der Waals surface area contributed by atoms with Crippen LogP contribution in [0, 0.1) is 0 Å². The van der Waals surface area contributed by atoms with E-state index in [4.69, 9.17) is 39.5 Å². The zero-order valence-electron chi connectivity index (χ0n) is 16.1. The minimum Gasteiger partial charge on any atom is -0.423 e. The zero-order valence-corrected chi connectivity index (χ0v) is 18.4. The molecule has 0 aromatic heterocycles. The van der Waals surface area contributed by atoms with Crippen molar-refractivity contribution in [2.75, 3.05) is 5.32 Å². The highest BCUT2D eigenvalue weighted by atomic mass is 35.5. The summed E-state index contributed by atoms with van der Waals surface area (Å²) in [5.74, 6) is -2.25. The lowest BCUT2D eigenvalue weighted by Crippen LogP contribution is -2.32. The molecular weight excluding hydrogens is 477 g/mol. The van der Waals surface area contributed by atoms with Gasteiger partial charge in [0, 0.05) is 5.02 Å². The minimum absolute atomic E-state index is 0.199. The van der Waals surface area contributed by atoms with Gasteiger partial charge in [-0.1, -0.05) is 46.9 Å². The Bertz CT molecular complexity index is 1200. The molecule has 0 aliphatic rings. The van der Waals surface area contributed by atoms with Crippen LogP contribution < -0.4 is 15.5 Å². The van der Waals surface area contributed by atoms with Gasteiger partial charge in [0.2, 0.25) is 0 Å². The predicted molar refractivity (Wildman–Crippen MR) is 124 cm³/mol. The van der Waals surface area contributed by atoms with E-state index in [1.807, 2.05) is 0 Å². The first-order chi connectivity index (χ1) is 15.3. The number of amides is 2. The lowest BCUT2D eigenvalue weighted by molar-refractivity contribution is -0.136. The molecule has 0 aliphatic heterocycles. The molecule has 2 N–H and O–H groups in total. The Balaban J connectivity index is 1.53. The Kier molecular flexibility index (Phi) is 7.83. The van der Waals surface area contributed by atoms with Crippen molar-refractivity contribution in [2.24, 2.45) is 5.10 Å². The van der Waals surface area contributed by atoms with Crippen molar-refractivity contribution in [1.29, 1.82) is 0 Å². The minimum atomic E-state index is -0.998. The first-order valence-electron chi connectivity index (χ1n) is 8.99. The maximum atomic E-state index is 12.2. The molecule has 0 atom stereocenters. The summed E-state index contributed by atoms with van der Waals surface area (Å²) in [5, 5.41) is 6.94. The fourth-order valence-electron chi connectivity index (χ4n) is 2.40.